The van der Waals surface area contributed by atoms with Gasteiger partial charge in [0.1, 0.15) is 11.1 Å². The molecule has 1 atom stereocenters. The molecule has 1 aromatic carbocycles. The Morgan fingerprint density at radius 1 is 1.33 bits per heavy atom. The van der Waals surface area contributed by atoms with Crippen molar-refractivity contribution in [3.63, 3.8) is 0 Å². The smallest absolute Gasteiger partial charge is 0.274 e. The summed E-state index contributed by atoms with van der Waals surface area (Å²) in [5.41, 5.74) is 3.50. The lowest BCUT2D eigenvalue weighted by molar-refractivity contribution is 0.0776. The van der Waals surface area contributed by atoms with Crippen LogP contribution in [-0.2, 0) is 24.8 Å². The quantitative estimate of drug-likeness (QED) is 0.626. The molecule has 3 rings (SSSR count). The molecule has 3 aromatic rings. The molecule has 7 heteroatoms. The Kier molecular flexibility index (Phi) is 6.03. The van der Waals surface area contributed by atoms with Gasteiger partial charge in [0.05, 0.1) is 12.2 Å². The first-order valence-corrected chi connectivity index (χ1v) is 9.65. The third kappa shape index (κ3) is 4.61. The fourth-order valence-electron chi connectivity index (χ4n) is 2.77. The minimum atomic E-state index is -0.112. The van der Waals surface area contributed by atoms with E-state index in [-0.39, 0.29) is 12.0 Å². The Morgan fingerprint density at radius 3 is 2.78 bits per heavy atom. The lowest BCUT2D eigenvalue weighted by Gasteiger charge is -2.14. The van der Waals surface area contributed by atoms with E-state index in [1.807, 2.05) is 43.6 Å². The third-order valence-electron chi connectivity index (χ3n) is 4.44. The number of nitrogens with zero attached hydrogens (tertiary/aromatic N) is 4. The van der Waals surface area contributed by atoms with Crippen molar-refractivity contribution in [3.05, 3.63) is 69.4 Å². The monoisotopic (exact) mass is 384 g/mol. The summed E-state index contributed by atoms with van der Waals surface area (Å²) >= 11 is 1.55. The van der Waals surface area contributed by atoms with Gasteiger partial charge in [-0.1, -0.05) is 30.3 Å². The first-order valence-electron chi connectivity index (χ1n) is 8.77. The summed E-state index contributed by atoms with van der Waals surface area (Å²) in [7, 11) is 5.30. The second-order valence-electron chi connectivity index (χ2n) is 6.52. The highest BCUT2D eigenvalue weighted by molar-refractivity contribution is 7.09. The Hall–Kier alpha value is -2.51. The highest BCUT2D eigenvalue weighted by Crippen LogP contribution is 2.21. The van der Waals surface area contributed by atoms with E-state index in [0.29, 0.717) is 12.2 Å². The summed E-state index contributed by atoms with van der Waals surface area (Å²) in [4.78, 5) is 19.0. The molecule has 0 spiro atoms. The third-order valence-corrected chi connectivity index (χ3v) is 5.50. The molecule has 0 aliphatic rings. The summed E-state index contributed by atoms with van der Waals surface area (Å²) in [6.45, 7) is 2.40. The Bertz CT molecular complexity index is 904. The van der Waals surface area contributed by atoms with Gasteiger partial charge in [-0.3, -0.25) is 9.48 Å². The number of carbonyl (C=O) groups excluding carboxylic acids is 1. The van der Waals surface area contributed by atoms with Gasteiger partial charge in [0.15, 0.2) is 5.69 Å². The molecule has 0 radical (unpaired) electrons. The van der Waals surface area contributed by atoms with Gasteiger partial charge in [0.2, 0.25) is 0 Å². The summed E-state index contributed by atoms with van der Waals surface area (Å²) in [5.74, 6) is -0.112. The summed E-state index contributed by atoms with van der Waals surface area (Å²) in [6.07, 6.45) is 0.701. The molecule has 0 N–H and O–H groups in total. The molecule has 27 heavy (non-hydrogen) atoms. The number of hydrogen-bond donors (Lipinski definition) is 0. The van der Waals surface area contributed by atoms with Crippen LogP contribution in [0.5, 0.6) is 0 Å². The minimum Gasteiger partial charge on any atom is -0.375 e. The van der Waals surface area contributed by atoms with Crippen LogP contribution >= 0.6 is 11.3 Å². The van der Waals surface area contributed by atoms with E-state index in [0.717, 1.165) is 22.8 Å². The van der Waals surface area contributed by atoms with Gasteiger partial charge in [-0.2, -0.15) is 5.10 Å². The van der Waals surface area contributed by atoms with Crippen LogP contribution in [0.4, 0.5) is 0 Å². The fourth-order valence-corrected chi connectivity index (χ4v) is 3.62. The first-order chi connectivity index (χ1) is 13.0. The number of benzene rings is 1. The maximum atomic E-state index is 12.8. The lowest BCUT2D eigenvalue weighted by atomic mass is 10.1. The van der Waals surface area contributed by atoms with Crippen molar-refractivity contribution in [2.75, 3.05) is 14.2 Å². The zero-order chi connectivity index (χ0) is 19.4. The number of aryl methyl sites for hydroxylation is 1. The van der Waals surface area contributed by atoms with E-state index in [4.69, 9.17) is 4.74 Å². The molecule has 1 unspecified atom stereocenters. The molecule has 0 bridgehead atoms. The SMILES string of the molecule is COC(C)c1nc(CN(C)C(=O)c2cc(Cc3ccccc3)n(C)n2)cs1. The zero-order valence-electron chi connectivity index (χ0n) is 16.0. The van der Waals surface area contributed by atoms with Crippen LogP contribution in [0.2, 0.25) is 0 Å². The largest absolute Gasteiger partial charge is 0.375 e. The number of carbonyl (C=O) groups is 1. The highest BCUT2D eigenvalue weighted by Gasteiger charge is 2.19. The second kappa shape index (κ2) is 8.45. The van der Waals surface area contributed by atoms with Crippen molar-refractivity contribution >= 4 is 17.2 Å². The predicted molar refractivity (Wildman–Crippen MR) is 106 cm³/mol. The number of hydrogen-bond acceptors (Lipinski definition) is 5. The predicted octanol–water partition coefficient (Wildman–Crippen LogP) is 3.45. The minimum absolute atomic E-state index is 0.0407. The zero-order valence-corrected chi connectivity index (χ0v) is 16.9. The van der Waals surface area contributed by atoms with Crippen molar-refractivity contribution in [2.45, 2.75) is 26.0 Å². The first kappa shape index (κ1) is 19.3. The Balaban J connectivity index is 1.68. The number of rotatable bonds is 7. The molecular formula is C20H24N4O2S. The van der Waals surface area contributed by atoms with Crippen LogP contribution in [0.3, 0.4) is 0 Å². The Morgan fingerprint density at radius 2 is 2.07 bits per heavy atom. The standard InChI is InChI=1S/C20H24N4O2S/c1-14(26-4)19-21-16(13-27-19)12-23(2)20(25)18-11-17(24(3)22-18)10-15-8-6-5-7-9-15/h5-9,11,13-14H,10,12H2,1-4H3. The summed E-state index contributed by atoms with van der Waals surface area (Å²) < 4.78 is 7.06. The summed E-state index contributed by atoms with van der Waals surface area (Å²) in [5, 5.41) is 7.28. The number of aromatic nitrogens is 3. The molecule has 142 valence electrons. The van der Waals surface area contributed by atoms with E-state index in [9.17, 15) is 4.79 Å². The number of thiazole rings is 1. The van der Waals surface area contributed by atoms with Gasteiger partial charge in [0.25, 0.3) is 5.91 Å². The number of amides is 1. The molecule has 0 aliphatic heterocycles. The van der Waals surface area contributed by atoms with Crippen LogP contribution in [0.1, 0.15) is 45.5 Å². The average Bonchev–Trinajstić information content (AvgIpc) is 3.28. The van der Waals surface area contributed by atoms with E-state index >= 15 is 0 Å². The van der Waals surface area contributed by atoms with Crippen LogP contribution < -0.4 is 0 Å². The Labute approximate surface area is 163 Å². The van der Waals surface area contributed by atoms with Gasteiger partial charge in [0, 0.05) is 38.7 Å². The van der Waals surface area contributed by atoms with E-state index < -0.39 is 0 Å². The van der Waals surface area contributed by atoms with Crippen molar-refractivity contribution in [1.82, 2.24) is 19.7 Å². The molecule has 0 fully saturated rings. The molecular weight excluding hydrogens is 360 g/mol. The van der Waals surface area contributed by atoms with E-state index in [1.54, 1.807) is 35.1 Å². The van der Waals surface area contributed by atoms with Crippen molar-refractivity contribution in [1.29, 1.82) is 0 Å². The normalized spacial score (nSPS) is 12.1. The van der Waals surface area contributed by atoms with Gasteiger partial charge in [-0.05, 0) is 18.6 Å². The number of ether oxygens (including phenoxy) is 1. The molecule has 0 aliphatic carbocycles. The number of methoxy groups -OCH3 is 1. The van der Waals surface area contributed by atoms with Gasteiger partial charge in [-0.25, -0.2) is 4.98 Å². The molecule has 1 amide bonds. The molecule has 0 saturated heterocycles. The maximum absolute atomic E-state index is 12.8. The van der Waals surface area contributed by atoms with Crippen molar-refractivity contribution < 1.29 is 9.53 Å². The highest BCUT2D eigenvalue weighted by atomic mass is 32.1. The maximum Gasteiger partial charge on any atom is 0.274 e. The van der Waals surface area contributed by atoms with Gasteiger partial charge in [-0.15, -0.1) is 11.3 Å². The lowest BCUT2D eigenvalue weighted by Crippen LogP contribution is -2.26. The van der Waals surface area contributed by atoms with Crippen LogP contribution in [0.25, 0.3) is 0 Å². The van der Waals surface area contributed by atoms with Crippen molar-refractivity contribution in [3.8, 4) is 0 Å². The summed E-state index contributed by atoms with van der Waals surface area (Å²) in [6, 6.07) is 12.0. The topological polar surface area (TPSA) is 60.2 Å². The second-order valence-corrected chi connectivity index (χ2v) is 7.41. The van der Waals surface area contributed by atoms with Gasteiger partial charge >= 0.3 is 0 Å². The van der Waals surface area contributed by atoms with Crippen LogP contribution in [-0.4, -0.2) is 39.7 Å². The molecule has 6 nitrogen and oxygen atoms in total. The molecule has 2 heterocycles. The van der Waals surface area contributed by atoms with E-state index in [1.165, 1.54) is 5.56 Å². The molecule has 2 aromatic heterocycles. The van der Waals surface area contributed by atoms with Crippen LogP contribution in [0.15, 0.2) is 41.8 Å². The molecule has 0 saturated carbocycles. The fraction of sp³-hybridized carbons (Fsp3) is 0.350. The van der Waals surface area contributed by atoms with Gasteiger partial charge < -0.3 is 9.64 Å². The van der Waals surface area contributed by atoms with Crippen LogP contribution in [0, 0.1) is 0 Å². The van der Waals surface area contributed by atoms with Crippen molar-refractivity contribution in [2.24, 2.45) is 7.05 Å². The van der Waals surface area contributed by atoms with E-state index in [2.05, 4.69) is 22.2 Å². The average molecular weight is 385 g/mol.